The van der Waals surface area contributed by atoms with Crippen LogP contribution in [0.25, 0.3) is 0 Å². The number of aromatic nitrogens is 1. The Morgan fingerprint density at radius 3 is 2.48 bits per heavy atom. The predicted molar refractivity (Wildman–Crippen MR) is 74.0 cm³/mol. The smallest absolute Gasteiger partial charge is 0.326 e. The van der Waals surface area contributed by atoms with Crippen molar-refractivity contribution in [3.05, 3.63) is 17.0 Å². The minimum atomic E-state index is -1.42. The highest BCUT2D eigenvalue weighted by atomic mass is 32.2. The summed E-state index contributed by atoms with van der Waals surface area (Å²) < 4.78 is 4.99. The summed E-state index contributed by atoms with van der Waals surface area (Å²) in [6.45, 7) is 3.56. The van der Waals surface area contributed by atoms with E-state index in [-0.39, 0.29) is 5.75 Å². The number of thioether (sulfide) groups is 1. The molecule has 0 spiro atoms. The van der Waals surface area contributed by atoms with Crippen LogP contribution < -0.4 is 5.32 Å². The first-order valence-electron chi connectivity index (χ1n) is 6.04. The topological polar surface area (TPSA) is 130 Å². The van der Waals surface area contributed by atoms with E-state index in [0.717, 1.165) is 11.3 Å². The second-order valence-corrected chi connectivity index (χ2v) is 5.34. The summed E-state index contributed by atoms with van der Waals surface area (Å²) in [5, 5.41) is 23.3. The van der Waals surface area contributed by atoms with E-state index in [2.05, 4.69) is 10.5 Å². The van der Waals surface area contributed by atoms with Gasteiger partial charge < -0.3 is 20.1 Å². The molecule has 1 rings (SSSR count). The van der Waals surface area contributed by atoms with Gasteiger partial charge >= 0.3 is 11.9 Å². The van der Waals surface area contributed by atoms with Crippen LogP contribution in [-0.2, 0) is 20.1 Å². The standard InChI is InChI=1S/C12H16N2O6S/c1-6-8(7(2)20-14-6)4-21-5-10(15)13-9(12(18)19)3-11(16)17/h9H,3-5H2,1-2H3,(H,13,15)(H,16,17)(H,18,19). The molecule has 1 unspecified atom stereocenters. The van der Waals surface area contributed by atoms with Gasteiger partial charge in [-0.2, -0.15) is 0 Å². The van der Waals surface area contributed by atoms with Crippen molar-refractivity contribution in [3.63, 3.8) is 0 Å². The first kappa shape index (κ1) is 17.0. The predicted octanol–water partition coefficient (Wildman–Crippen LogP) is 0.569. The molecule has 1 aromatic rings. The Balaban J connectivity index is 2.43. The van der Waals surface area contributed by atoms with Gasteiger partial charge in [0.15, 0.2) is 0 Å². The molecule has 0 saturated carbocycles. The molecule has 0 aliphatic carbocycles. The third kappa shape index (κ3) is 5.46. The van der Waals surface area contributed by atoms with Crippen LogP contribution in [0.2, 0.25) is 0 Å². The lowest BCUT2D eigenvalue weighted by Gasteiger charge is -2.12. The number of nitrogens with zero attached hydrogens (tertiary/aromatic N) is 1. The lowest BCUT2D eigenvalue weighted by Crippen LogP contribution is -2.43. The number of carbonyl (C=O) groups excluding carboxylic acids is 1. The second kappa shape index (κ2) is 7.67. The van der Waals surface area contributed by atoms with Crippen LogP contribution >= 0.6 is 11.8 Å². The fraction of sp³-hybridized carbons (Fsp3) is 0.500. The van der Waals surface area contributed by atoms with Crippen LogP contribution in [0, 0.1) is 13.8 Å². The average molecular weight is 316 g/mol. The van der Waals surface area contributed by atoms with E-state index in [1.807, 2.05) is 0 Å². The van der Waals surface area contributed by atoms with Crippen molar-refractivity contribution in [1.82, 2.24) is 10.5 Å². The van der Waals surface area contributed by atoms with E-state index >= 15 is 0 Å². The van der Waals surface area contributed by atoms with Gasteiger partial charge in [0.2, 0.25) is 5.91 Å². The molecule has 116 valence electrons. The number of aryl methyl sites for hydroxylation is 2. The molecule has 9 heteroatoms. The molecule has 0 aliphatic rings. The summed E-state index contributed by atoms with van der Waals surface area (Å²) in [5.41, 5.74) is 1.64. The van der Waals surface area contributed by atoms with Gasteiger partial charge in [0.25, 0.3) is 0 Å². The normalized spacial score (nSPS) is 11.9. The quantitative estimate of drug-likeness (QED) is 0.634. The Hall–Kier alpha value is -2.03. The molecule has 8 nitrogen and oxygen atoms in total. The van der Waals surface area contributed by atoms with E-state index in [9.17, 15) is 14.4 Å². The molecule has 0 bridgehead atoms. The summed E-state index contributed by atoms with van der Waals surface area (Å²) in [6, 6.07) is -1.42. The van der Waals surface area contributed by atoms with E-state index in [1.54, 1.807) is 13.8 Å². The number of amides is 1. The molecule has 1 aromatic heterocycles. The zero-order valence-electron chi connectivity index (χ0n) is 11.6. The van der Waals surface area contributed by atoms with E-state index in [1.165, 1.54) is 11.8 Å². The van der Waals surface area contributed by atoms with Crippen molar-refractivity contribution >= 4 is 29.6 Å². The molecular weight excluding hydrogens is 300 g/mol. The fourth-order valence-electron chi connectivity index (χ4n) is 1.56. The van der Waals surface area contributed by atoms with Gasteiger partial charge in [-0.3, -0.25) is 9.59 Å². The Morgan fingerprint density at radius 2 is 2.00 bits per heavy atom. The second-order valence-electron chi connectivity index (χ2n) is 4.35. The highest BCUT2D eigenvalue weighted by Crippen LogP contribution is 2.19. The van der Waals surface area contributed by atoms with Gasteiger partial charge in [0.1, 0.15) is 11.8 Å². The van der Waals surface area contributed by atoms with Gasteiger partial charge in [0, 0.05) is 11.3 Å². The largest absolute Gasteiger partial charge is 0.481 e. The van der Waals surface area contributed by atoms with Gasteiger partial charge in [-0.05, 0) is 13.8 Å². The summed E-state index contributed by atoms with van der Waals surface area (Å²) in [4.78, 5) is 32.9. The van der Waals surface area contributed by atoms with Gasteiger partial charge in [0.05, 0.1) is 17.9 Å². The van der Waals surface area contributed by atoms with Crippen LogP contribution in [0.1, 0.15) is 23.4 Å². The molecule has 0 radical (unpaired) electrons. The van der Waals surface area contributed by atoms with Crippen molar-refractivity contribution in [2.45, 2.75) is 32.1 Å². The highest BCUT2D eigenvalue weighted by Gasteiger charge is 2.22. The van der Waals surface area contributed by atoms with Crippen molar-refractivity contribution in [3.8, 4) is 0 Å². The van der Waals surface area contributed by atoms with Crippen LogP contribution in [0.4, 0.5) is 0 Å². The first-order chi connectivity index (χ1) is 9.81. The lowest BCUT2D eigenvalue weighted by atomic mass is 10.2. The van der Waals surface area contributed by atoms with Crippen LogP contribution in [0.3, 0.4) is 0 Å². The monoisotopic (exact) mass is 316 g/mol. The zero-order valence-corrected chi connectivity index (χ0v) is 12.4. The first-order valence-corrected chi connectivity index (χ1v) is 7.20. The number of nitrogens with one attached hydrogen (secondary N) is 1. The average Bonchev–Trinajstić information content (AvgIpc) is 2.69. The molecule has 3 N–H and O–H groups in total. The molecule has 1 heterocycles. The van der Waals surface area contributed by atoms with Crippen LogP contribution in [0.15, 0.2) is 4.52 Å². The zero-order chi connectivity index (χ0) is 16.0. The van der Waals surface area contributed by atoms with Gasteiger partial charge in [-0.15, -0.1) is 11.8 Å². The molecule has 21 heavy (non-hydrogen) atoms. The number of hydrogen-bond acceptors (Lipinski definition) is 6. The summed E-state index contributed by atoms with van der Waals surface area (Å²) in [5.74, 6) is -1.98. The fourth-order valence-corrected chi connectivity index (χ4v) is 2.55. The molecule has 0 aliphatic heterocycles. The van der Waals surface area contributed by atoms with Crippen molar-refractivity contribution in [1.29, 1.82) is 0 Å². The minimum Gasteiger partial charge on any atom is -0.481 e. The van der Waals surface area contributed by atoms with E-state index < -0.39 is 30.3 Å². The van der Waals surface area contributed by atoms with Gasteiger partial charge in [-0.25, -0.2) is 4.79 Å². The Morgan fingerprint density at radius 1 is 1.33 bits per heavy atom. The highest BCUT2D eigenvalue weighted by molar-refractivity contribution is 7.99. The molecule has 0 saturated heterocycles. The SMILES string of the molecule is Cc1noc(C)c1CSCC(=O)NC(CC(=O)O)C(=O)O. The van der Waals surface area contributed by atoms with E-state index in [0.29, 0.717) is 11.5 Å². The maximum atomic E-state index is 11.6. The maximum Gasteiger partial charge on any atom is 0.326 e. The summed E-state index contributed by atoms with van der Waals surface area (Å²) >= 11 is 1.27. The summed E-state index contributed by atoms with van der Waals surface area (Å²) in [7, 11) is 0. The van der Waals surface area contributed by atoms with Gasteiger partial charge in [-0.1, -0.05) is 5.16 Å². The number of carboxylic acids is 2. The van der Waals surface area contributed by atoms with E-state index in [4.69, 9.17) is 14.7 Å². The number of hydrogen-bond donors (Lipinski definition) is 3. The van der Waals surface area contributed by atoms with Crippen molar-refractivity contribution in [2.24, 2.45) is 0 Å². The number of rotatable bonds is 8. The number of carboxylic acid groups (broad SMARTS) is 2. The molecule has 1 atom stereocenters. The molecule has 0 fully saturated rings. The Kier molecular flexibility index (Phi) is 6.22. The molecule has 1 amide bonds. The summed E-state index contributed by atoms with van der Waals surface area (Å²) in [6.07, 6.45) is -0.657. The van der Waals surface area contributed by atoms with Crippen LogP contribution in [0.5, 0.6) is 0 Å². The Labute approximate surface area is 124 Å². The van der Waals surface area contributed by atoms with Crippen molar-refractivity contribution in [2.75, 3.05) is 5.75 Å². The third-order valence-corrected chi connectivity index (χ3v) is 3.63. The Bertz CT molecular complexity index is 522. The number of carbonyl (C=O) groups is 3. The minimum absolute atomic E-state index is 0.0213. The maximum absolute atomic E-state index is 11.6. The molecule has 0 aromatic carbocycles. The molecular formula is C12H16N2O6S. The van der Waals surface area contributed by atoms with Crippen LogP contribution in [-0.4, -0.2) is 45.0 Å². The number of aliphatic carboxylic acids is 2. The third-order valence-electron chi connectivity index (χ3n) is 2.67. The van der Waals surface area contributed by atoms with Crippen molar-refractivity contribution < 1.29 is 29.1 Å². The lowest BCUT2D eigenvalue weighted by molar-refractivity contribution is -0.147.